The van der Waals surface area contributed by atoms with Crippen molar-refractivity contribution in [3.63, 3.8) is 0 Å². The van der Waals surface area contributed by atoms with E-state index in [0.29, 0.717) is 5.75 Å². The van der Waals surface area contributed by atoms with Gasteiger partial charge in [-0.25, -0.2) is 0 Å². The smallest absolute Gasteiger partial charge is 0.182 e. The second kappa shape index (κ2) is 5.18. The Hall–Kier alpha value is -1.26. The van der Waals surface area contributed by atoms with Gasteiger partial charge in [0.1, 0.15) is 0 Å². The molecule has 0 atom stereocenters. The maximum absolute atomic E-state index is 11.7. The van der Waals surface area contributed by atoms with Crippen LogP contribution < -0.4 is 5.73 Å². The summed E-state index contributed by atoms with van der Waals surface area (Å²) < 4.78 is 0. The molecule has 4 heteroatoms. The van der Waals surface area contributed by atoms with E-state index in [0.717, 1.165) is 15.5 Å². The molecular weight excluding hydrogens is 238 g/mol. The topological polar surface area (TPSA) is 43.1 Å². The molecule has 0 unspecified atom stereocenters. The first-order chi connectivity index (χ1) is 7.75. The van der Waals surface area contributed by atoms with E-state index < -0.39 is 0 Å². The number of thioether (sulfide) groups is 1. The van der Waals surface area contributed by atoms with E-state index in [1.165, 1.54) is 23.1 Å². The molecule has 2 nitrogen and oxygen atoms in total. The Labute approximate surface area is 102 Å². The van der Waals surface area contributed by atoms with Crippen LogP contribution in [0.4, 0.5) is 5.69 Å². The number of anilines is 1. The van der Waals surface area contributed by atoms with Crippen LogP contribution in [0.1, 0.15) is 9.67 Å². The van der Waals surface area contributed by atoms with Crippen molar-refractivity contribution in [2.45, 2.75) is 4.90 Å². The third-order valence-corrected chi connectivity index (χ3v) is 3.97. The highest BCUT2D eigenvalue weighted by Crippen LogP contribution is 2.21. The highest BCUT2D eigenvalue weighted by atomic mass is 32.2. The molecule has 2 N–H and O–H groups in total. The fourth-order valence-corrected chi connectivity index (χ4v) is 2.76. The Morgan fingerprint density at radius 2 is 2.00 bits per heavy atom. The van der Waals surface area contributed by atoms with Gasteiger partial charge in [0.2, 0.25) is 0 Å². The number of rotatable bonds is 4. The van der Waals surface area contributed by atoms with Gasteiger partial charge in [-0.2, -0.15) is 0 Å². The zero-order chi connectivity index (χ0) is 11.4. The van der Waals surface area contributed by atoms with E-state index in [1.54, 1.807) is 0 Å². The van der Waals surface area contributed by atoms with E-state index in [1.807, 2.05) is 41.8 Å². The number of carbonyl (C=O) groups excluding carboxylic acids is 1. The minimum atomic E-state index is 0.178. The van der Waals surface area contributed by atoms with Crippen LogP contribution in [0.5, 0.6) is 0 Å². The summed E-state index contributed by atoms with van der Waals surface area (Å²) in [6, 6.07) is 11.3. The van der Waals surface area contributed by atoms with Crippen LogP contribution in [0.25, 0.3) is 0 Å². The predicted octanol–water partition coefficient (Wildman–Crippen LogP) is 3.31. The number of hydrogen-bond donors (Lipinski definition) is 1. The molecule has 2 aromatic rings. The van der Waals surface area contributed by atoms with Crippen molar-refractivity contribution in [2.24, 2.45) is 0 Å². The summed E-state index contributed by atoms with van der Waals surface area (Å²) >= 11 is 3.02. The van der Waals surface area contributed by atoms with Gasteiger partial charge in [-0.15, -0.1) is 23.1 Å². The number of thiophene rings is 1. The van der Waals surface area contributed by atoms with Crippen LogP contribution in [0.3, 0.4) is 0 Å². The van der Waals surface area contributed by atoms with Crippen LogP contribution >= 0.6 is 23.1 Å². The molecule has 0 amide bonds. The first-order valence-electron chi connectivity index (χ1n) is 4.81. The SMILES string of the molecule is Nc1ccc(SCC(=O)c2cccs2)cc1. The van der Waals surface area contributed by atoms with Crippen molar-refractivity contribution in [2.75, 3.05) is 11.5 Å². The number of carbonyl (C=O) groups is 1. The van der Waals surface area contributed by atoms with Crippen LogP contribution in [0.2, 0.25) is 0 Å². The maximum atomic E-state index is 11.7. The first-order valence-corrected chi connectivity index (χ1v) is 6.67. The largest absolute Gasteiger partial charge is 0.399 e. The number of Topliss-reactive ketones (excluding diaryl/α,β-unsaturated/α-hetero) is 1. The maximum Gasteiger partial charge on any atom is 0.182 e. The van der Waals surface area contributed by atoms with Gasteiger partial charge in [0.25, 0.3) is 0 Å². The third kappa shape index (κ3) is 2.87. The number of nitrogen functional groups attached to an aromatic ring is 1. The summed E-state index contributed by atoms with van der Waals surface area (Å²) in [6.45, 7) is 0. The molecule has 0 aliphatic carbocycles. The average molecular weight is 249 g/mol. The average Bonchev–Trinajstić information content (AvgIpc) is 2.81. The Kier molecular flexibility index (Phi) is 3.64. The lowest BCUT2D eigenvalue weighted by atomic mass is 10.3. The standard InChI is InChI=1S/C12H11NOS2/c13-9-3-5-10(6-4-9)16-8-11(14)12-2-1-7-15-12/h1-7H,8,13H2. The lowest BCUT2D eigenvalue weighted by Crippen LogP contribution is -1.98. The Balaban J connectivity index is 1.93. The van der Waals surface area contributed by atoms with Crippen molar-refractivity contribution in [1.82, 2.24) is 0 Å². The van der Waals surface area contributed by atoms with Crippen molar-refractivity contribution in [3.8, 4) is 0 Å². The summed E-state index contributed by atoms with van der Waals surface area (Å²) in [5, 5.41) is 1.92. The lowest BCUT2D eigenvalue weighted by molar-refractivity contribution is 0.102. The summed E-state index contributed by atoms with van der Waals surface area (Å²) in [5.41, 5.74) is 6.33. The fraction of sp³-hybridized carbons (Fsp3) is 0.0833. The van der Waals surface area contributed by atoms with E-state index >= 15 is 0 Å². The normalized spacial score (nSPS) is 10.2. The van der Waals surface area contributed by atoms with Crippen LogP contribution in [-0.4, -0.2) is 11.5 Å². The molecule has 0 aliphatic rings. The van der Waals surface area contributed by atoms with Crippen molar-refractivity contribution >= 4 is 34.6 Å². The molecule has 2 rings (SSSR count). The van der Waals surface area contributed by atoms with Crippen LogP contribution in [0.15, 0.2) is 46.7 Å². The molecule has 0 fully saturated rings. The van der Waals surface area contributed by atoms with E-state index in [-0.39, 0.29) is 5.78 Å². The monoisotopic (exact) mass is 249 g/mol. The number of hydrogen-bond acceptors (Lipinski definition) is 4. The lowest BCUT2D eigenvalue weighted by Gasteiger charge is -2.00. The molecule has 0 radical (unpaired) electrons. The molecule has 82 valence electrons. The zero-order valence-corrected chi connectivity index (χ0v) is 10.2. The van der Waals surface area contributed by atoms with Gasteiger partial charge in [0.15, 0.2) is 5.78 Å². The molecule has 0 bridgehead atoms. The number of nitrogens with two attached hydrogens (primary N) is 1. The Morgan fingerprint density at radius 1 is 1.25 bits per heavy atom. The molecule has 1 heterocycles. The van der Waals surface area contributed by atoms with Gasteiger partial charge in [0.05, 0.1) is 10.6 Å². The second-order valence-corrected chi connectivity index (χ2v) is 5.25. The minimum absolute atomic E-state index is 0.178. The predicted molar refractivity (Wildman–Crippen MR) is 70.2 cm³/mol. The van der Waals surface area contributed by atoms with Gasteiger partial charge in [-0.3, -0.25) is 4.79 Å². The minimum Gasteiger partial charge on any atom is -0.399 e. The molecule has 0 saturated carbocycles. The molecule has 16 heavy (non-hydrogen) atoms. The second-order valence-electron chi connectivity index (χ2n) is 3.26. The Morgan fingerprint density at radius 3 is 2.62 bits per heavy atom. The van der Waals surface area contributed by atoms with Crippen molar-refractivity contribution in [3.05, 3.63) is 46.7 Å². The highest BCUT2D eigenvalue weighted by Gasteiger charge is 2.06. The molecule has 1 aromatic carbocycles. The summed E-state index contributed by atoms with van der Waals surface area (Å²) in [7, 11) is 0. The summed E-state index contributed by atoms with van der Waals surface area (Å²) in [5.74, 6) is 0.654. The van der Waals surface area contributed by atoms with Gasteiger partial charge in [-0.1, -0.05) is 6.07 Å². The first kappa shape index (κ1) is 11.2. The zero-order valence-electron chi connectivity index (χ0n) is 8.55. The van der Waals surface area contributed by atoms with Gasteiger partial charge in [0, 0.05) is 10.6 Å². The highest BCUT2D eigenvalue weighted by molar-refractivity contribution is 8.00. The molecule has 0 saturated heterocycles. The molecule has 0 aliphatic heterocycles. The summed E-state index contributed by atoms with van der Waals surface area (Å²) in [4.78, 5) is 13.6. The van der Waals surface area contributed by atoms with Gasteiger partial charge >= 0.3 is 0 Å². The van der Waals surface area contributed by atoms with Crippen LogP contribution in [-0.2, 0) is 0 Å². The quantitative estimate of drug-likeness (QED) is 0.513. The summed E-state index contributed by atoms with van der Waals surface area (Å²) in [6.07, 6.45) is 0. The molecule has 0 spiro atoms. The molecular formula is C12H11NOS2. The van der Waals surface area contributed by atoms with Crippen molar-refractivity contribution < 1.29 is 4.79 Å². The molecule has 1 aromatic heterocycles. The number of ketones is 1. The van der Waals surface area contributed by atoms with Gasteiger partial charge < -0.3 is 5.73 Å². The fourth-order valence-electron chi connectivity index (χ4n) is 1.22. The van der Waals surface area contributed by atoms with Crippen LogP contribution in [0, 0.1) is 0 Å². The number of benzene rings is 1. The van der Waals surface area contributed by atoms with E-state index in [2.05, 4.69) is 0 Å². The van der Waals surface area contributed by atoms with Crippen molar-refractivity contribution in [1.29, 1.82) is 0 Å². The third-order valence-electron chi connectivity index (χ3n) is 2.05. The van der Waals surface area contributed by atoms with Gasteiger partial charge in [-0.05, 0) is 35.7 Å². The van der Waals surface area contributed by atoms with E-state index in [9.17, 15) is 4.79 Å². The van der Waals surface area contributed by atoms with E-state index in [4.69, 9.17) is 5.73 Å². The Bertz CT molecular complexity index is 462.